The molecule has 1 aliphatic heterocycles. The van der Waals surface area contributed by atoms with E-state index < -0.39 is 17.1 Å². The van der Waals surface area contributed by atoms with Crippen LogP contribution in [0.3, 0.4) is 0 Å². The molecule has 4 saturated carbocycles. The zero-order valence-electron chi connectivity index (χ0n) is 27.5. The maximum absolute atomic E-state index is 13.5. The van der Waals surface area contributed by atoms with Crippen molar-refractivity contribution in [3.05, 3.63) is 12.2 Å². The molecule has 42 heavy (non-hydrogen) atoms. The first-order chi connectivity index (χ1) is 19.5. The van der Waals surface area contributed by atoms with Crippen LogP contribution >= 0.6 is 0 Å². The molecule has 5 unspecified atom stereocenters. The van der Waals surface area contributed by atoms with Gasteiger partial charge in [-0.05, 0) is 104 Å². The highest BCUT2D eigenvalue weighted by Crippen LogP contribution is 2.77. The van der Waals surface area contributed by atoms with E-state index in [1.807, 2.05) is 0 Å². The first kappa shape index (κ1) is 31.1. The largest absolute Gasteiger partial charge is 0.469 e. The van der Waals surface area contributed by atoms with Crippen LogP contribution in [0.25, 0.3) is 0 Å². The summed E-state index contributed by atoms with van der Waals surface area (Å²) in [6.07, 6.45) is 7.88. The molecule has 1 amide bonds. The van der Waals surface area contributed by atoms with Crippen molar-refractivity contribution in [1.82, 2.24) is 5.01 Å². The molecule has 0 aromatic heterocycles. The zero-order chi connectivity index (χ0) is 31.0. The minimum absolute atomic E-state index is 0.0157. The summed E-state index contributed by atoms with van der Waals surface area (Å²) in [5.41, 5.74) is 0.168. The molecule has 10 atom stereocenters. The van der Waals surface area contributed by atoms with E-state index in [9.17, 15) is 14.9 Å². The number of methoxy groups -OCH3 is 1. The van der Waals surface area contributed by atoms with Crippen molar-refractivity contribution in [3.63, 3.8) is 0 Å². The first-order valence-corrected chi connectivity index (χ1v) is 16.2. The van der Waals surface area contributed by atoms with Crippen LogP contribution in [0.15, 0.2) is 17.3 Å². The normalized spacial score (nSPS) is 44.6. The highest BCUT2D eigenvalue weighted by atomic mass is 16.5. The molecule has 1 heterocycles. The van der Waals surface area contributed by atoms with E-state index >= 15 is 0 Å². The standard InChI is InChI=1S/C35H53N3O4/c1-21(2)24-13-16-35(30(40)41-10)18-17-33(8)25(28(24)35)11-12-27-32(7,19-20-36)26(14-15-34(27,33)9)31(5,6)29-38(23(4)39)37-22(3)42-29/h24-29H,1,11-19H2,2-10H3/t24-,25?,26?,27?,28?,29-,32-,33+,34+,35?/m0/s1. The number of fused-ring (bicyclic) bond motifs is 5. The molecule has 232 valence electrons. The summed E-state index contributed by atoms with van der Waals surface area (Å²) in [4.78, 5) is 26.1. The van der Waals surface area contributed by atoms with Crippen molar-refractivity contribution in [2.75, 3.05) is 7.11 Å². The molecular formula is C35H53N3O4. The lowest BCUT2D eigenvalue weighted by molar-refractivity contribution is -0.238. The van der Waals surface area contributed by atoms with E-state index in [2.05, 4.69) is 59.3 Å². The molecule has 5 aliphatic rings. The van der Waals surface area contributed by atoms with E-state index in [0.717, 1.165) is 51.4 Å². The third-order valence-electron chi connectivity index (χ3n) is 14.0. The Morgan fingerprint density at radius 2 is 1.79 bits per heavy atom. The third kappa shape index (κ3) is 3.98. The number of ether oxygens (including phenoxy) is 2. The Kier molecular flexibility index (Phi) is 7.47. The van der Waals surface area contributed by atoms with Crippen LogP contribution in [-0.4, -0.2) is 36.1 Å². The lowest BCUT2D eigenvalue weighted by atomic mass is 9.33. The molecule has 0 N–H and O–H groups in total. The highest BCUT2D eigenvalue weighted by molar-refractivity contribution is 5.81. The second kappa shape index (κ2) is 10.1. The average molecular weight is 580 g/mol. The summed E-state index contributed by atoms with van der Waals surface area (Å²) in [5.74, 6) is 1.89. The van der Waals surface area contributed by atoms with E-state index in [-0.39, 0.29) is 40.0 Å². The van der Waals surface area contributed by atoms with Gasteiger partial charge in [-0.1, -0.05) is 46.8 Å². The number of carbonyl (C=O) groups is 2. The molecule has 7 heteroatoms. The van der Waals surface area contributed by atoms with Crippen molar-refractivity contribution < 1.29 is 19.1 Å². The number of esters is 1. The average Bonchev–Trinajstić information content (AvgIpc) is 3.51. The molecule has 7 nitrogen and oxygen atoms in total. The van der Waals surface area contributed by atoms with E-state index in [1.165, 1.54) is 10.6 Å². The van der Waals surface area contributed by atoms with Gasteiger partial charge in [-0.2, -0.15) is 10.3 Å². The van der Waals surface area contributed by atoms with Gasteiger partial charge in [0.1, 0.15) is 0 Å². The van der Waals surface area contributed by atoms with E-state index in [0.29, 0.717) is 30.1 Å². The first-order valence-electron chi connectivity index (χ1n) is 16.2. The molecule has 0 radical (unpaired) electrons. The molecule has 4 aliphatic carbocycles. The summed E-state index contributed by atoms with van der Waals surface area (Å²) in [7, 11) is 1.55. The number of hydrazone groups is 1. The van der Waals surface area contributed by atoms with Crippen LogP contribution in [0, 0.1) is 68.0 Å². The number of amides is 1. The van der Waals surface area contributed by atoms with Crippen LogP contribution in [-0.2, 0) is 19.1 Å². The van der Waals surface area contributed by atoms with Gasteiger partial charge in [-0.15, -0.1) is 5.10 Å². The Morgan fingerprint density at radius 3 is 2.38 bits per heavy atom. The van der Waals surface area contributed by atoms with Crippen LogP contribution in [0.4, 0.5) is 0 Å². The van der Waals surface area contributed by atoms with Crippen LogP contribution in [0.2, 0.25) is 0 Å². The number of hydrogen-bond donors (Lipinski definition) is 0. The van der Waals surface area contributed by atoms with Gasteiger partial charge in [0.2, 0.25) is 18.0 Å². The zero-order valence-corrected chi connectivity index (χ0v) is 27.5. The summed E-state index contributed by atoms with van der Waals surface area (Å²) in [6.45, 7) is 21.7. The van der Waals surface area contributed by atoms with Crippen molar-refractivity contribution in [2.45, 2.75) is 119 Å². The van der Waals surface area contributed by atoms with Gasteiger partial charge in [-0.25, -0.2) is 0 Å². The second-order valence-electron chi connectivity index (χ2n) is 15.9. The summed E-state index contributed by atoms with van der Waals surface area (Å²) >= 11 is 0. The molecular weight excluding hydrogens is 526 g/mol. The van der Waals surface area contributed by atoms with Crippen LogP contribution in [0.5, 0.6) is 0 Å². The Balaban J connectivity index is 1.55. The molecule has 0 aromatic rings. The van der Waals surface area contributed by atoms with Gasteiger partial charge in [0, 0.05) is 25.7 Å². The number of nitrogens with zero attached hydrogens (tertiary/aromatic N) is 3. The van der Waals surface area contributed by atoms with Crippen LogP contribution < -0.4 is 0 Å². The molecule has 0 spiro atoms. The predicted octanol–water partition coefficient (Wildman–Crippen LogP) is 7.48. The quantitative estimate of drug-likeness (QED) is 0.249. The fourth-order valence-electron chi connectivity index (χ4n) is 12.0. The van der Waals surface area contributed by atoms with Crippen molar-refractivity contribution in [3.8, 4) is 6.07 Å². The van der Waals surface area contributed by atoms with Gasteiger partial charge < -0.3 is 9.47 Å². The smallest absolute Gasteiger partial charge is 0.312 e. The molecule has 0 bridgehead atoms. The van der Waals surface area contributed by atoms with Gasteiger partial charge in [0.15, 0.2) is 0 Å². The monoisotopic (exact) mass is 579 g/mol. The third-order valence-corrected chi connectivity index (χ3v) is 14.0. The lowest BCUT2D eigenvalue weighted by Gasteiger charge is -2.71. The SMILES string of the molecule is C=C(C)[C@@H]1CCC2(C(=O)OC)CC[C@]3(C)C(CCC4[C@@](C)(CC#N)C(C(C)(C)[C@@H]5OC(C)=NN5C(C)=O)CC[C@]43C)C12. The molecule has 0 aromatic carbocycles. The van der Waals surface area contributed by atoms with Crippen molar-refractivity contribution in [2.24, 2.45) is 61.8 Å². The fraction of sp³-hybridized carbons (Fsp3) is 0.829. The number of allylic oxidation sites excluding steroid dienone is 1. The van der Waals surface area contributed by atoms with Gasteiger partial charge >= 0.3 is 5.97 Å². The second-order valence-corrected chi connectivity index (χ2v) is 15.9. The van der Waals surface area contributed by atoms with E-state index in [1.54, 1.807) is 21.0 Å². The number of rotatable bonds is 5. The van der Waals surface area contributed by atoms with Gasteiger partial charge in [0.05, 0.1) is 18.6 Å². The topological polar surface area (TPSA) is 92.0 Å². The Bertz CT molecular complexity index is 1230. The molecule has 0 saturated heterocycles. The Hall–Kier alpha value is -2.36. The number of nitriles is 1. The highest BCUT2D eigenvalue weighted by Gasteiger charge is 2.72. The lowest BCUT2D eigenvalue weighted by Crippen LogP contribution is -2.66. The Morgan fingerprint density at radius 1 is 1.10 bits per heavy atom. The molecule has 5 rings (SSSR count). The Labute approximate surface area is 253 Å². The summed E-state index contributed by atoms with van der Waals surface area (Å²) in [6, 6.07) is 2.61. The van der Waals surface area contributed by atoms with E-state index in [4.69, 9.17) is 9.47 Å². The minimum Gasteiger partial charge on any atom is -0.469 e. The summed E-state index contributed by atoms with van der Waals surface area (Å²) < 4.78 is 11.7. The van der Waals surface area contributed by atoms with Crippen molar-refractivity contribution in [1.29, 1.82) is 5.26 Å². The van der Waals surface area contributed by atoms with Crippen LogP contribution in [0.1, 0.15) is 113 Å². The van der Waals surface area contributed by atoms with Crippen molar-refractivity contribution >= 4 is 17.8 Å². The predicted molar refractivity (Wildman–Crippen MR) is 162 cm³/mol. The maximum atomic E-state index is 13.5. The minimum atomic E-state index is -0.487. The maximum Gasteiger partial charge on any atom is 0.312 e. The number of hydrogen-bond acceptors (Lipinski definition) is 6. The summed E-state index contributed by atoms with van der Waals surface area (Å²) in [5, 5.41) is 16.2. The molecule has 4 fully saturated rings. The van der Waals surface area contributed by atoms with Gasteiger partial charge in [0.25, 0.3) is 0 Å². The number of carbonyl (C=O) groups excluding carboxylic acids is 2. The van der Waals surface area contributed by atoms with Gasteiger partial charge in [-0.3, -0.25) is 9.59 Å². The fourth-order valence-corrected chi connectivity index (χ4v) is 12.0.